The van der Waals surface area contributed by atoms with Crippen molar-refractivity contribution in [1.82, 2.24) is 9.78 Å². The first kappa shape index (κ1) is 13.3. The Labute approximate surface area is 113 Å². The van der Waals surface area contributed by atoms with Gasteiger partial charge in [-0.15, -0.1) is 0 Å². The number of hydrogen-bond donors (Lipinski definition) is 0. The summed E-state index contributed by atoms with van der Waals surface area (Å²) in [6.45, 7) is 6.11. The van der Waals surface area contributed by atoms with Gasteiger partial charge in [-0.1, -0.05) is 18.2 Å². The summed E-state index contributed by atoms with van der Waals surface area (Å²) in [4.78, 5) is 11.6. The highest BCUT2D eigenvalue weighted by atomic mass is 16.5. The van der Waals surface area contributed by atoms with Gasteiger partial charge in [-0.25, -0.2) is 4.68 Å². The molecule has 2 rings (SSSR count). The fourth-order valence-electron chi connectivity index (χ4n) is 2.11. The van der Waals surface area contributed by atoms with E-state index >= 15 is 0 Å². The van der Waals surface area contributed by atoms with E-state index in [4.69, 9.17) is 4.74 Å². The Kier molecular flexibility index (Phi) is 4.00. The first-order chi connectivity index (χ1) is 9.13. The lowest BCUT2D eigenvalue weighted by molar-refractivity contribution is -0.142. The van der Waals surface area contributed by atoms with Gasteiger partial charge in [0.1, 0.15) is 0 Å². The summed E-state index contributed by atoms with van der Waals surface area (Å²) in [6.07, 6.45) is 0.276. The number of carbonyl (C=O) groups excluding carboxylic acids is 1. The zero-order valence-corrected chi connectivity index (χ0v) is 11.5. The molecule has 0 saturated carbocycles. The summed E-state index contributed by atoms with van der Waals surface area (Å²) >= 11 is 0. The highest BCUT2D eigenvalue weighted by Gasteiger charge is 2.16. The van der Waals surface area contributed by atoms with Crippen LogP contribution in [0.3, 0.4) is 0 Å². The van der Waals surface area contributed by atoms with Gasteiger partial charge in [0.15, 0.2) is 0 Å². The van der Waals surface area contributed by atoms with Crippen LogP contribution < -0.4 is 0 Å². The largest absolute Gasteiger partial charge is 0.466 e. The topological polar surface area (TPSA) is 44.1 Å². The zero-order chi connectivity index (χ0) is 13.8. The number of nitrogens with zero attached hydrogens (tertiary/aromatic N) is 2. The maximum Gasteiger partial charge on any atom is 0.310 e. The molecule has 0 aliphatic rings. The molecule has 1 aromatic carbocycles. The lowest BCUT2D eigenvalue weighted by atomic mass is 10.1. The van der Waals surface area contributed by atoms with E-state index in [0.717, 1.165) is 22.6 Å². The molecule has 0 amide bonds. The fraction of sp³-hybridized carbons (Fsp3) is 0.333. The minimum absolute atomic E-state index is 0.207. The first-order valence-corrected chi connectivity index (χ1v) is 6.39. The summed E-state index contributed by atoms with van der Waals surface area (Å²) in [5.74, 6) is -0.207. The molecule has 0 N–H and O–H groups in total. The summed E-state index contributed by atoms with van der Waals surface area (Å²) in [5, 5.41) is 4.50. The van der Waals surface area contributed by atoms with Crippen LogP contribution in [0.25, 0.3) is 5.69 Å². The Morgan fingerprint density at radius 2 is 1.95 bits per heavy atom. The summed E-state index contributed by atoms with van der Waals surface area (Å²) in [7, 11) is 0. The summed E-state index contributed by atoms with van der Waals surface area (Å²) in [6, 6.07) is 9.89. The number of benzene rings is 1. The second kappa shape index (κ2) is 5.69. The van der Waals surface area contributed by atoms with Crippen LogP contribution in [0.5, 0.6) is 0 Å². The highest BCUT2D eigenvalue weighted by Crippen LogP contribution is 2.18. The van der Waals surface area contributed by atoms with Crippen molar-refractivity contribution in [2.45, 2.75) is 27.2 Å². The average molecular weight is 258 g/mol. The van der Waals surface area contributed by atoms with Crippen LogP contribution in [0.2, 0.25) is 0 Å². The molecular formula is C15H18N2O2. The fourth-order valence-corrected chi connectivity index (χ4v) is 2.11. The van der Waals surface area contributed by atoms with E-state index in [9.17, 15) is 4.79 Å². The van der Waals surface area contributed by atoms with E-state index in [-0.39, 0.29) is 12.4 Å². The van der Waals surface area contributed by atoms with Gasteiger partial charge in [0.25, 0.3) is 0 Å². The van der Waals surface area contributed by atoms with Gasteiger partial charge in [0.05, 0.1) is 24.4 Å². The number of ether oxygens (including phenoxy) is 1. The number of rotatable bonds is 4. The van der Waals surface area contributed by atoms with Gasteiger partial charge in [-0.2, -0.15) is 5.10 Å². The van der Waals surface area contributed by atoms with Crippen molar-refractivity contribution in [3.05, 3.63) is 47.3 Å². The first-order valence-electron chi connectivity index (χ1n) is 6.39. The molecule has 100 valence electrons. The van der Waals surface area contributed by atoms with Crippen LogP contribution in [0.1, 0.15) is 23.9 Å². The molecule has 0 bridgehead atoms. The molecule has 19 heavy (non-hydrogen) atoms. The van der Waals surface area contributed by atoms with Crippen LogP contribution in [0, 0.1) is 13.8 Å². The van der Waals surface area contributed by atoms with Crippen molar-refractivity contribution in [2.24, 2.45) is 0 Å². The molecule has 0 aliphatic carbocycles. The number of aryl methyl sites for hydroxylation is 1. The lowest BCUT2D eigenvalue weighted by Gasteiger charge is -2.05. The van der Waals surface area contributed by atoms with Crippen molar-refractivity contribution in [2.75, 3.05) is 6.61 Å². The van der Waals surface area contributed by atoms with E-state index in [1.807, 2.05) is 55.8 Å². The van der Waals surface area contributed by atoms with Gasteiger partial charge in [0, 0.05) is 11.3 Å². The predicted octanol–water partition coefficient (Wildman–Crippen LogP) is 2.59. The second-order valence-electron chi connectivity index (χ2n) is 4.38. The van der Waals surface area contributed by atoms with Crippen LogP contribution in [-0.4, -0.2) is 22.4 Å². The summed E-state index contributed by atoms with van der Waals surface area (Å²) < 4.78 is 6.86. The van der Waals surface area contributed by atoms with E-state index in [1.54, 1.807) is 0 Å². The SMILES string of the molecule is CCOC(=O)Cc1c(C)nn(-c2ccccc2)c1C. The van der Waals surface area contributed by atoms with Gasteiger partial charge in [-0.3, -0.25) is 4.79 Å². The third-order valence-electron chi connectivity index (χ3n) is 3.07. The molecule has 1 heterocycles. The Morgan fingerprint density at radius 1 is 1.26 bits per heavy atom. The van der Waals surface area contributed by atoms with Crippen LogP contribution in [0.15, 0.2) is 30.3 Å². The van der Waals surface area contributed by atoms with Crippen LogP contribution >= 0.6 is 0 Å². The smallest absolute Gasteiger partial charge is 0.310 e. The Balaban J connectivity index is 2.33. The van der Waals surface area contributed by atoms with Crippen molar-refractivity contribution in [1.29, 1.82) is 0 Å². The molecular weight excluding hydrogens is 240 g/mol. The molecule has 0 atom stereocenters. The Hall–Kier alpha value is -2.10. The molecule has 2 aromatic rings. The minimum atomic E-state index is -0.207. The maximum atomic E-state index is 11.6. The van der Waals surface area contributed by atoms with Crippen LogP contribution in [-0.2, 0) is 16.0 Å². The molecule has 4 heteroatoms. The van der Waals surface area contributed by atoms with Crippen molar-refractivity contribution in [3.63, 3.8) is 0 Å². The lowest BCUT2D eigenvalue weighted by Crippen LogP contribution is -2.09. The maximum absolute atomic E-state index is 11.6. The second-order valence-corrected chi connectivity index (χ2v) is 4.38. The molecule has 0 aliphatic heterocycles. The molecule has 0 fully saturated rings. The van der Waals surface area contributed by atoms with Crippen molar-refractivity contribution < 1.29 is 9.53 Å². The summed E-state index contributed by atoms with van der Waals surface area (Å²) in [5.41, 5.74) is 3.80. The van der Waals surface area contributed by atoms with Gasteiger partial charge >= 0.3 is 5.97 Å². The third kappa shape index (κ3) is 2.84. The number of carbonyl (C=O) groups is 1. The zero-order valence-electron chi connectivity index (χ0n) is 11.5. The van der Waals surface area contributed by atoms with Gasteiger partial charge < -0.3 is 4.74 Å². The van der Waals surface area contributed by atoms with E-state index < -0.39 is 0 Å². The molecule has 0 saturated heterocycles. The van der Waals surface area contributed by atoms with E-state index in [0.29, 0.717) is 6.61 Å². The van der Waals surface area contributed by atoms with Gasteiger partial charge in [-0.05, 0) is 32.9 Å². The number of para-hydroxylation sites is 1. The molecule has 0 radical (unpaired) electrons. The standard InChI is InChI=1S/C15H18N2O2/c1-4-19-15(18)10-14-11(2)16-17(12(14)3)13-8-6-5-7-9-13/h5-9H,4,10H2,1-3H3. The van der Waals surface area contributed by atoms with Gasteiger partial charge in [0.2, 0.25) is 0 Å². The minimum Gasteiger partial charge on any atom is -0.466 e. The highest BCUT2D eigenvalue weighted by molar-refractivity contribution is 5.73. The van der Waals surface area contributed by atoms with Crippen molar-refractivity contribution >= 4 is 5.97 Å². The Bertz CT molecular complexity index is 573. The average Bonchev–Trinajstić information content (AvgIpc) is 2.68. The molecule has 0 unspecified atom stereocenters. The number of aromatic nitrogens is 2. The predicted molar refractivity (Wildman–Crippen MR) is 73.4 cm³/mol. The van der Waals surface area contributed by atoms with Crippen LogP contribution in [0.4, 0.5) is 0 Å². The molecule has 1 aromatic heterocycles. The monoisotopic (exact) mass is 258 g/mol. The van der Waals surface area contributed by atoms with Crippen molar-refractivity contribution in [3.8, 4) is 5.69 Å². The third-order valence-corrected chi connectivity index (χ3v) is 3.07. The van der Waals surface area contributed by atoms with E-state index in [2.05, 4.69) is 5.10 Å². The molecule has 4 nitrogen and oxygen atoms in total. The Morgan fingerprint density at radius 3 is 2.58 bits per heavy atom. The normalized spacial score (nSPS) is 10.5. The number of hydrogen-bond acceptors (Lipinski definition) is 3. The molecule has 0 spiro atoms. The quantitative estimate of drug-likeness (QED) is 0.792. The number of esters is 1. The van der Waals surface area contributed by atoms with E-state index in [1.165, 1.54) is 0 Å².